The number of benzene rings is 1. The Balaban J connectivity index is 0.00000108. The summed E-state index contributed by atoms with van der Waals surface area (Å²) in [6, 6.07) is 6.11. The zero-order valence-corrected chi connectivity index (χ0v) is 10.4. The van der Waals surface area contributed by atoms with Crippen molar-refractivity contribution < 1.29 is 4.79 Å². The average Bonchev–Trinajstić information content (AvgIpc) is 2.55. The minimum atomic E-state index is -0.487. The van der Waals surface area contributed by atoms with Crippen LogP contribution in [0.5, 0.6) is 0 Å². The van der Waals surface area contributed by atoms with Gasteiger partial charge < -0.3 is 10.6 Å². The summed E-state index contributed by atoms with van der Waals surface area (Å²) in [4.78, 5) is 12.1. The standard InChI is InChI=1S/C13H14N2O.ClH/c1-9-3-4-11-10(7-9)13(12(16)15-11)5-2-6-14-8-13;/h2-5,7,14H,6,8H2,1H3,(H,15,16);1H/t13-;/m1./s1. The molecule has 0 saturated heterocycles. The molecule has 3 nitrogen and oxygen atoms in total. The summed E-state index contributed by atoms with van der Waals surface area (Å²) in [6.07, 6.45) is 4.06. The highest BCUT2D eigenvalue weighted by Gasteiger charge is 2.45. The largest absolute Gasteiger partial charge is 0.325 e. The highest BCUT2D eigenvalue weighted by atomic mass is 35.5. The normalized spacial score (nSPS) is 25.4. The van der Waals surface area contributed by atoms with E-state index in [9.17, 15) is 4.79 Å². The Kier molecular flexibility index (Phi) is 2.98. The van der Waals surface area contributed by atoms with Crippen LogP contribution in [0.2, 0.25) is 0 Å². The third-order valence-electron chi connectivity index (χ3n) is 3.38. The first-order valence-corrected chi connectivity index (χ1v) is 5.53. The summed E-state index contributed by atoms with van der Waals surface area (Å²) in [6.45, 7) is 3.58. The second-order valence-electron chi connectivity index (χ2n) is 4.51. The molecule has 1 atom stereocenters. The molecule has 17 heavy (non-hydrogen) atoms. The van der Waals surface area contributed by atoms with Gasteiger partial charge in [-0.15, -0.1) is 12.4 Å². The molecular formula is C13H15ClN2O. The van der Waals surface area contributed by atoms with Crippen LogP contribution in [-0.2, 0) is 10.2 Å². The number of hydrogen-bond donors (Lipinski definition) is 2. The Morgan fingerprint density at radius 2 is 2.18 bits per heavy atom. The molecule has 1 aromatic rings. The predicted octanol–water partition coefficient (Wildman–Crippen LogP) is 1.77. The zero-order chi connectivity index (χ0) is 11.2. The molecule has 0 aromatic heterocycles. The third-order valence-corrected chi connectivity index (χ3v) is 3.38. The number of amides is 1. The van der Waals surface area contributed by atoms with E-state index in [0.717, 1.165) is 17.8 Å². The van der Waals surface area contributed by atoms with Crippen LogP contribution < -0.4 is 10.6 Å². The van der Waals surface area contributed by atoms with Gasteiger partial charge in [-0.05, 0) is 18.6 Å². The lowest BCUT2D eigenvalue weighted by molar-refractivity contribution is -0.119. The maximum Gasteiger partial charge on any atom is 0.240 e. The maximum atomic E-state index is 12.1. The molecule has 3 rings (SSSR count). The Morgan fingerprint density at radius 3 is 2.88 bits per heavy atom. The Morgan fingerprint density at radius 1 is 1.35 bits per heavy atom. The Bertz CT molecular complexity index is 498. The van der Waals surface area contributed by atoms with Gasteiger partial charge >= 0.3 is 0 Å². The first kappa shape index (κ1) is 12.1. The van der Waals surface area contributed by atoms with Crippen LogP contribution in [0, 0.1) is 6.92 Å². The zero-order valence-electron chi connectivity index (χ0n) is 9.62. The number of carbonyl (C=O) groups is 1. The fraction of sp³-hybridized carbons (Fsp3) is 0.308. The van der Waals surface area contributed by atoms with Crippen molar-refractivity contribution in [1.82, 2.24) is 5.32 Å². The molecule has 4 heteroatoms. The summed E-state index contributed by atoms with van der Waals surface area (Å²) in [5.41, 5.74) is 2.75. The average molecular weight is 251 g/mol. The molecule has 1 amide bonds. The van der Waals surface area contributed by atoms with Crippen LogP contribution in [-0.4, -0.2) is 19.0 Å². The van der Waals surface area contributed by atoms with Gasteiger partial charge in [-0.25, -0.2) is 0 Å². The van der Waals surface area contributed by atoms with Crippen molar-refractivity contribution in [1.29, 1.82) is 0 Å². The van der Waals surface area contributed by atoms with Crippen molar-refractivity contribution in [2.45, 2.75) is 12.3 Å². The van der Waals surface area contributed by atoms with Crippen LogP contribution >= 0.6 is 12.4 Å². The van der Waals surface area contributed by atoms with Gasteiger partial charge in [0.05, 0.1) is 0 Å². The maximum absolute atomic E-state index is 12.1. The third kappa shape index (κ3) is 1.66. The van der Waals surface area contributed by atoms with Gasteiger partial charge in [0.15, 0.2) is 0 Å². The summed E-state index contributed by atoms with van der Waals surface area (Å²) < 4.78 is 0. The molecule has 2 aliphatic heterocycles. The topological polar surface area (TPSA) is 41.1 Å². The molecule has 0 unspecified atom stereocenters. The summed E-state index contributed by atoms with van der Waals surface area (Å²) in [5, 5.41) is 6.22. The number of nitrogens with one attached hydrogen (secondary N) is 2. The van der Waals surface area contributed by atoms with Crippen molar-refractivity contribution in [3.63, 3.8) is 0 Å². The molecular weight excluding hydrogens is 236 g/mol. The van der Waals surface area contributed by atoms with Crippen molar-refractivity contribution in [3.8, 4) is 0 Å². The molecule has 2 aliphatic rings. The number of hydrogen-bond acceptors (Lipinski definition) is 2. The van der Waals surface area contributed by atoms with Gasteiger partial charge in [0.25, 0.3) is 0 Å². The van der Waals surface area contributed by atoms with E-state index in [4.69, 9.17) is 0 Å². The molecule has 1 aromatic carbocycles. The summed E-state index contributed by atoms with van der Waals surface area (Å²) in [7, 11) is 0. The van der Waals surface area contributed by atoms with E-state index in [0.29, 0.717) is 6.54 Å². The van der Waals surface area contributed by atoms with Crippen molar-refractivity contribution in [2.75, 3.05) is 18.4 Å². The van der Waals surface area contributed by atoms with Crippen LogP contribution in [0.25, 0.3) is 0 Å². The first-order valence-electron chi connectivity index (χ1n) is 5.53. The molecule has 90 valence electrons. The lowest BCUT2D eigenvalue weighted by Gasteiger charge is -2.27. The first-order chi connectivity index (χ1) is 7.72. The molecule has 2 N–H and O–H groups in total. The molecule has 0 bridgehead atoms. The number of anilines is 1. The lowest BCUT2D eigenvalue weighted by atomic mass is 9.79. The van der Waals surface area contributed by atoms with Gasteiger partial charge in [-0.3, -0.25) is 4.79 Å². The summed E-state index contributed by atoms with van der Waals surface area (Å²) >= 11 is 0. The van der Waals surface area contributed by atoms with Gasteiger partial charge in [0.1, 0.15) is 5.41 Å². The van der Waals surface area contributed by atoms with Gasteiger partial charge in [-0.2, -0.15) is 0 Å². The number of carbonyl (C=O) groups excluding carboxylic acids is 1. The Labute approximate surface area is 107 Å². The smallest absolute Gasteiger partial charge is 0.240 e. The van der Waals surface area contributed by atoms with Crippen LogP contribution in [0.4, 0.5) is 5.69 Å². The molecule has 0 saturated carbocycles. The molecule has 0 fully saturated rings. The SMILES string of the molecule is Cc1ccc2c(c1)[C@]1(C=CCNC1)C(=O)N2.Cl. The van der Waals surface area contributed by atoms with Crippen LogP contribution in [0.3, 0.4) is 0 Å². The van der Waals surface area contributed by atoms with E-state index in [-0.39, 0.29) is 18.3 Å². The highest BCUT2D eigenvalue weighted by molar-refractivity contribution is 6.08. The van der Waals surface area contributed by atoms with E-state index < -0.39 is 5.41 Å². The minimum absolute atomic E-state index is 0. The molecule has 2 heterocycles. The van der Waals surface area contributed by atoms with Crippen molar-refractivity contribution >= 4 is 24.0 Å². The fourth-order valence-electron chi connectivity index (χ4n) is 2.51. The molecule has 0 aliphatic carbocycles. The number of fused-ring (bicyclic) bond motifs is 2. The number of halogens is 1. The van der Waals surface area contributed by atoms with Crippen LogP contribution in [0.1, 0.15) is 11.1 Å². The van der Waals surface area contributed by atoms with E-state index in [1.165, 1.54) is 5.56 Å². The highest BCUT2D eigenvalue weighted by Crippen LogP contribution is 2.39. The van der Waals surface area contributed by atoms with Gasteiger partial charge in [0.2, 0.25) is 5.91 Å². The Hall–Kier alpha value is -1.32. The van der Waals surface area contributed by atoms with E-state index >= 15 is 0 Å². The minimum Gasteiger partial charge on any atom is -0.325 e. The second kappa shape index (κ2) is 4.17. The monoisotopic (exact) mass is 250 g/mol. The molecule has 1 spiro atoms. The number of rotatable bonds is 0. The van der Waals surface area contributed by atoms with Crippen LogP contribution in [0.15, 0.2) is 30.4 Å². The number of aryl methyl sites for hydroxylation is 1. The van der Waals surface area contributed by atoms with E-state index in [1.54, 1.807) is 0 Å². The molecule has 0 radical (unpaired) electrons. The van der Waals surface area contributed by atoms with Gasteiger partial charge in [0, 0.05) is 18.8 Å². The fourth-order valence-corrected chi connectivity index (χ4v) is 2.51. The summed E-state index contributed by atoms with van der Waals surface area (Å²) in [5.74, 6) is 0.0801. The van der Waals surface area contributed by atoms with E-state index in [1.807, 2.05) is 24.3 Å². The quantitative estimate of drug-likeness (QED) is 0.689. The van der Waals surface area contributed by atoms with Crippen molar-refractivity contribution in [3.05, 3.63) is 41.5 Å². The predicted molar refractivity (Wildman–Crippen MR) is 70.7 cm³/mol. The van der Waals surface area contributed by atoms with E-state index in [2.05, 4.69) is 23.6 Å². The second-order valence-corrected chi connectivity index (χ2v) is 4.51. The van der Waals surface area contributed by atoms with Gasteiger partial charge in [-0.1, -0.05) is 29.8 Å². The lowest BCUT2D eigenvalue weighted by Crippen LogP contribution is -2.45. The van der Waals surface area contributed by atoms with Crippen molar-refractivity contribution in [2.24, 2.45) is 0 Å².